The van der Waals surface area contributed by atoms with Crippen molar-refractivity contribution in [1.82, 2.24) is 15.5 Å². The number of benzene rings is 3. The Morgan fingerprint density at radius 3 is 2.26 bits per heavy atom. The number of aliphatic hydroxyl groups excluding tert-OH is 1. The van der Waals surface area contributed by atoms with Gasteiger partial charge in [-0.1, -0.05) is 60.2 Å². The van der Waals surface area contributed by atoms with Crippen LogP contribution in [0.3, 0.4) is 0 Å². The van der Waals surface area contributed by atoms with Gasteiger partial charge in [0.2, 0.25) is 5.91 Å². The van der Waals surface area contributed by atoms with Gasteiger partial charge in [-0.05, 0) is 94.3 Å². The molecule has 0 aliphatic carbocycles. The number of hydrogen-bond acceptors (Lipinski definition) is 5. The van der Waals surface area contributed by atoms with Gasteiger partial charge in [-0.3, -0.25) is 14.4 Å². The number of rotatable bonds is 9. The monoisotopic (exact) mass is 601 g/mol. The standard InChI is InChI=1S/C35H43N3O4S/c1-21-16-23(3)28(24(4)17-21)19-36-33(41)31-35(6,7)43-20-38(31)34(42)30(39)29(18-26-13-9-8-10-14-26)37-32(40)27-15-11-12-22(2)25(27)5/h8-17,29-31,39H,18-20H2,1-7H3,(H,36,41)(H,37,40)/t29-,30-,31+/m0/s1. The smallest absolute Gasteiger partial charge is 0.254 e. The summed E-state index contributed by atoms with van der Waals surface area (Å²) in [6, 6.07) is 17.4. The van der Waals surface area contributed by atoms with E-state index in [1.54, 1.807) is 6.07 Å². The maximum atomic E-state index is 14.0. The molecule has 228 valence electrons. The van der Waals surface area contributed by atoms with Gasteiger partial charge in [0.05, 0.1) is 11.9 Å². The van der Waals surface area contributed by atoms with Crippen LogP contribution in [0, 0.1) is 34.6 Å². The first-order valence-corrected chi connectivity index (χ1v) is 15.7. The molecule has 1 fully saturated rings. The maximum Gasteiger partial charge on any atom is 0.254 e. The Hall–Kier alpha value is -3.62. The van der Waals surface area contributed by atoms with E-state index < -0.39 is 28.8 Å². The van der Waals surface area contributed by atoms with Crippen LogP contribution in [-0.2, 0) is 22.6 Å². The minimum Gasteiger partial charge on any atom is -0.381 e. The lowest BCUT2D eigenvalue weighted by molar-refractivity contribution is -0.147. The molecule has 3 aromatic carbocycles. The molecule has 0 radical (unpaired) electrons. The van der Waals surface area contributed by atoms with E-state index in [2.05, 4.69) is 22.8 Å². The van der Waals surface area contributed by atoms with Crippen molar-refractivity contribution in [3.63, 3.8) is 0 Å². The number of aliphatic hydroxyl groups is 1. The summed E-state index contributed by atoms with van der Waals surface area (Å²) in [6.07, 6.45) is -1.31. The van der Waals surface area contributed by atoms with Crippen molar-refractivity contribution in [2.75, 3.05) is 5.88 Å². The number of carbonyl (C=O) groups excluding carboxylic acids is 3. The van der Waals surface area contributed by atoms with E-state index >= 15 is 0 Å². The fraction of sp³-hybridized carbons (Fsp3) is 0.400. The second-order valence-electron chi connectivity index (χ2n) is 12.1. The highest BCUT2D eigenvalue weighted by atomic mass is 32.2. The lowest BCUT2D eigenvalue weighted by atomic mass is 9.96. The van der Waals surface area contributed by atoms with Gasteiger partial charge < -0.3 is 20.6 Å². The van der Waals surface area contributed by atoms with Crippen LogP contribution in [0.2, 0.25) is 0 Å². The Morgan fingerprint density at radius 1 is 0.953 bits per heavy atom. The second-order valence-corrected chi connectivity index (χ2v) is 13.7. The van der Waals surface area contributed by atoms with Crippen molar-refractivity contribution < 1.29 is 19.5 Å². The summed E-state index contributed by atoms with van der Waals surface area (Å²) in [7, 11) is 0. The zero-order valence-corrected chi connectivity index (χ0v) is 27.0. The van der Waals surface area contributed by atoms with Crippen LogP contribution < -0.4 is 10.6 Å². The molecule has 0 bridgehead atoms. The molecule has 7 nitrogen and oxygen atoms in total. The molecular formula is C35H43N3O4S. The summed E-state index contributed by atoms with van der Waals surface area (Å²) in [5.74, 6) is -0.952. The largest absolute Gasteiger partial charge is 0.381 e. The minimum atomic E-state index is -1.55. The summed E-state index contributed by atoms with van der Waals surface area (Å²) >= 11 is 1.50. The van der Waals surface area contributed by atoms with E-state index in [0.29, 0.717) is 12.1 Å². The van der Waals surface area contributed by atoms with E-state index in [-0.39, 0.29) is 24.1 Å². The third kappa shape index (κ3) is 7.31. The highest BCUT2D eigenvalue weighted by Crippen LogP contribution is 2.40. The van der Waals surface area contributed by atoms with E-state index in [9.17, 15) is 19.5 Å². The molecule has 1 saturated heterocycles. The van der Waals surface area contributed by atoms with E-state index in [1.165, 1.54) is 22.2 Å². The number of thioether (sulfide) groups is 1. The van der Waals surface area contributed by atoms with E-state index in [0.717, 1.165) is 33.4 Å². The number of carbonyl (C=O) groups is 3. The van der Waals surface area contributed by atoms with Crippen molar-refractivity contribution in [2.45, 2.75) is 84.4 Å². The van der Waals surface area contributed by atoms with E-state index in [4.69, 9.17) is 0 Å². The summed E-state index contributed by atoms with van der Waals surface area (Å²) in [4.78, 5) is 42.5. The first-order chi connectivity index (χ1) is 20.3. The van der Waals surface area contributed by atoms with Crippen molar-refractivity contribution in [3.8, 4) is 0 Å². The van der Waals surface area contributed by atoms with Crippen LogP contribution in [0.4, 0.5) is 0 Å². The lowest BCUT2D eigenvalue weighted by Crippen LogP contribution is -2.58. The molecule has 0 saturated carbocycles. The minimum absolute atomic E-state index is 0.248. The van der Waals surface area contributed by atoms with Gasteiger partial charge in [0.15, 0.2) is 6.10 Å². The van der Waals surface area contributed by atoms with Crippen LogP contribution in [0.5, 0.6) is 0 Å². The summed E-state index contributed by atoms with van der Waals surface area (Å²) in [5, 5.41) is 17.5. The zero-order valence-electron chi connectivity index (χ0n) is 26.2. The van der Waals surface area contributed by atoms with Gasteiger partial charge in [0.1, 0.15) is 6.04 Å². The van der Waals surface area contributed by atoms with Gasteiger partial charge >= 0.3 is 0 Å². The fourth-order valence-electron chi connectivity index (χ4n) is 5.87. The highest BCUT2D eigenvalue weighted by Gasteiger charge is 2.49. The predicted molar refractivity (Wildman–Crippen MR) is 173 cm³/mol. The van der Waals surface area contributed by atoms with Crippen molar-refractivity contribution >= 4 is 29.5 Å². The number of aryl methyl sites for hydroxylation is 4. The summed E-state index contributed by atoms with van der Waals surface area (Å²) < 4.78 is -0.576. The number of nitrogens with one attached hydrogen (secondary N) is 2. The third-order valence-electron chi connectivity index (χ3n) is 8.46. The zero-order chi connectivity index (χ0) is 31.5. The first-order valence-electron chi connectivity index (χ1n) is 14.7. The Bertz CT molecular complexity index is 1480. The normalized spacial score (nSPS) is 17.3. The molecule has 1 aliphatic heterocycles. The average Bonchev–Trinajstić information content (AvgIpc) is 3.27. The van der Waals surface area contributed by atoms with Crippen molar-refractivity contribution in [3.05, 3.63) is 105 Å². The second kappa shape index (κ2) is 13.3. The summed E-state index contributed by atoms with van der Waals surface area (Å²) in [5.41, 5.74) is 7.60. The fourth-order valence-corrected chi connectivity index (χ4v) is 7.01. The molecule has 43 heavy (non-hydrogen) atoms. The van der Waals surface area contributed by atoms with Crippen molar-refractivity contribution in [2.24, 2.45) is 0 Å². The topological polar surface area (TPSA) is 98.7 Å². The quantitative estimate of drug-likeness (QED) is 0.323. The molecular weight excluding hydrogens is 558 g/mol. The van der Waals surface area contributed by atoms with Gasteiger partial charge in [-0.2, -0.15) is 0 Å². The van der Waals surface area contributed by atoms with Crippen LogP contribution >= 0.6 is 11.8 Å². The molecule has 1 heterocycles. The van der Waals surface area contributed by atoms with Gasteiger partial charge in [0.25, 0.3) is 11.8 Å². The Labute approximate surface area is 259 Å². The van der Waals surface area contributed by atoms with Crippen LogP contribution in [-0.4, -0.2) is 56.5 Å². The highest BCUT2D eigenvalue weighted by molar-refractivity contribution is 8.00. The molecule has 3 amide bonds. The molecule has 0 spiro atoms. The molecule has 3 atom stereocenters. The SMILES string of the molecule is Cc1cc(C)c(CNC(=O)[C@H]2N(C(=O)[C@@H](O)[C@H](Cc3ccccc3)NC(=O)c3cccc(C)c3C)CSC2(C)C)c(C)c1. The molecule has 3 aromatic rings. The summed E-state index contributed by atoms with van der Waals surface area (Å²) in [6.45, 7) is 14.1. The molecule has 0 unspecified atom stereocenters. The van der Waals surface area contributed by atoms with Crippen LogP contribution in [0.1, 0.15) is 63.1 Å². The predicted octanol–water partition coefficient (Wildman–Crippen LogP) is 4.93. The van der Waals surface area contributed by atoms with Crippen LogP contribution in [0.25, 0.3) is 0 Å². The van der Waals surface area contributed by atoms with E-state index in [1.807, 2.05) is 90.9 Å². The Morgan fingerprint density at radius 2 is 1.60 bits per heavy atom. The maximum absolute atomic E-state index is 14.0. The average molecular weight is 602 g/mol. The number of amides is 3. The van der Waals surface area contributed by atoms with Crippen molar-refractivity contribution in [1.29, 1.82) is 0 Å². The molecule has 0 aromatic heterocycles. The molecule has 3 N–H and O–H groups in total. The Kier molecular flexibility index (Phi) is 10.0. The van der Waals surface area contributed by atoms with Crippen LogP contribution in [0.15, 0.2) is 60.7 Å². The number of nitrogens with zero attached hydrogens (tertiary/aromatic N) is 1. The number of hydrogen-bond donors (Lipinski definition) is 3. The molecule has 1 aliphatic rings. The lowest BCUT2D eigenvalue weighted by Gasteiger charge is -2.33. The molecule has 8 heteroatoms. The molecule has 4 rings (SSSR count). The van der Waals surface area contributed by atoms with Gasteiger partial charge in [-0.25, -0.2) is 0 Å². The van der Waals surface area contributed by atoms with Gasteiger partial charge in [-0.15, -0.1) is 11.8 Å². The first kappa shape index (κ1) is 32.3. The third-order valence-corrected chi connectivity index (χ3v) is 9.83. The van der Waals surface area contributed by atoms with Gasteiger partial charge in [0, 0.05) is 16.9 Å². The Balaban J connectivity index is 1.57.